The topological polar surface area (TPSA) is 74.7 Å². The van der Waals surface area contributed by atoms with E-state index in [1.165, 1.54) is 12.1 Å². The Labute approximate surface area is 149 Å². The zero-order valence-electron chi connectivity index (χ0n) is 13.3. The molecule has 8 heteroatoms. The molecule has 0 bridgehead atoms. The van der Waals surface area contributed by atoms with Crippen molar-refractivity contribution in [3.63, 3.8) is 0 Å². The Bertz CT molecular complexity index is 751. The number of aliphatic hydroxyl groups excluding tert-OH is 1. The lowest BCUT2D eigenvalue weighted by Crippen LogP contribution is -2.48. The number of nitrogens with one attached hydrogen (secondary N) is 1. The van der Waals surface area contributed by atoms with Crippen LogP contribution in [0.2, 0.25) is 0 Å². The molecule has 2 aromatic rings. The summed E-state index contributed by atoms with van der Waals surface area (Å²) in [7, 11) is 0. The molecule has 25 heavy (non-hydrogen) atoms. The van der Waals surface area contributed by atoms with Crippen molar-refractivity contribution in [1.82, 2.24) is 14.7 Å². The van der Waals surface area contributed by atoms with Crippen LogP contribution in [-0.2, 0) is 0 Å². The van der Waals surface area contributed by atoms with Crippen LogP contribution in [0.3, 0.4) is 0 Å². The molecular weight excluding hydrogens is 349 g/mol. The first-order valence-electron chi connectivity index (χ1n) is 7.79. The summed E-state index contributed by atoms with van der Waals surface area (Å²) in [6.07, 6.45) is 1.63. The summed E-state index contributed by atoms with van der Waals surface area (Å²) in [6, 6.07) is 7.77. The molecule has 0 radical (unpaired) electrons. The second-order valence-electron chi connectivity index (χ2n) is 5.62. The molecule has 2 N–H and O–H groups in total. The lowest BCUT2D eigenvalue weighted by atomic mass is 10.1. The Morgan fingerprint density at radius 1 is 1.40 bits per heavy atom. The Morgan fingerprint density at radius 2 is 2.20 bits per heavy atom. The van der Waals surface area contributed by atoms with E-state index in [0.29, 0.717) is 30.1 Å². The van der Waals surface area contributed by atoms with Crippen LogP contribution in [0.4, 0.5) is 4.39 Å². The van der Waals surface area contributed by atoms with Gasteiger partial charge in [0, 0.05) is 12.1 Å². The van der Waals surface area contributed by atoms with Gasteiger partial charge in [0.05, 0.1) is 37.2 Å². The van der Waals surface area contributed by atoms with Crippen LogP contribution in [0.15, 0.2) is 36.5 Å². The van der Waals surface area contributed by atoms with Gasteiger partial charge in [-0.15, -0.1) is 0 Å². The predicted molar refractivity (Wildman–Crippen MR) is 90.9 cm³/mol. The van der Waals surface area contributed by atoms with Crippen molar-refractivity contribution in [1.29, 1.82) is 0 Å². The third-order valence-electron chi connectivity index (χ3n) is 3.75. The number of benzene rings is 1. The van der Waals surface area contributed by atoms with E-state index in [-0.39, 0.29) is 24.8 Å². The third-order valence-corrected chi connectivity index (χ3v) is 4.03. The van der Waals surface area contributed by atoms with E-state index in [1.54, 1.807) is 28.8 Å². The van der Waals surface area contributed by atoms with E-state index in [0.717, 1.165) is 0 Å². The summed E-state index contributed by atoms with van der Waals surface area (Å²) in [4.78, 5) is 16.0. The quantitative estimate of drug-likeness (QED) is 0.764. The number of hydrogen-bond acceptors (Lipinski definition) is 5. The van der Waals surface area contributed by atoms with Crippen LogP contribution < -0.4 is 10.1 Å². The smallest absolute Gasteiger partial charge is 0.254 e. The molecule has 3 rings (SSSR count). The van der Waals surface area contributed by atoms with Gasteiger partial charge in [0.25, 0.3) is 5.91 Å². The lowest BCUT2D eigenvalue weighted by molar-refractivity contribution is 0.0781. The second-order valence-corrected chi connectivity index (χ2v) is 6.10. The summed E-state index contributed by atoms with van der Waals surface area (Å²) in [6.45, 7) is 1.20. The minimum Gasteiger partial charge on any atom is -0.486 e. The van der Waals surface area contributed by atoms with Crippen molar-refractivity contribution in [2.75, 3.05) is 26.2 Å². The first kappa shape index (κ1) is 17.6. The maximum atomic E-state index is 14.2. The minimum atomic E-state index is -0.647. The second kappa shape index (κ2) is 7.77. The molecular formula is C17H17ClFN3O3. The van der Waals surface area contributed by atoms with E-state index >= 15 is 0 Å². The van der Waals surface area contributed by atoms with E-state index in [1.807, 2.05) is 0 Å². The number of nitrogens with zero attached hydrogens (tertiary/aromatic N) is 2. The molecule has 1 amide bonds. The van der Waals surface area contributed by atoms with Crippen molar-refractivity contribution < 1.29 is 19.0 Å². The molecule has 0 unspecified atom stereocenters. The van der Waals surface area contributed by atoms with Gasteiger partial charge in [-0.3, -0.25) is 9.78 Å². The molecule has 1 aliphatic heterocycles. The number of aromatic nitrogens is 1. The predicted octanol–water partition coefficient (Wildman–Crippen LogP) is 1.83. The number of rotatable bonds is 6. The zero-order valence-corrected chi connectivity index (χ0v) is 14.0. The Kier molecular flexibility index (Phi) is 5.47. The number of halogens is 2. The molecule has 1 aromatic carbocycles. The maximum Gasteiger partial charge on any atom is 0.254 e. The van der Waals surface area contributed by atoms with Gasteiger partial charge in [0.1, 0.15) is 17.7 Å². The normalized spacial score (nSPS) is 14.8. The van der Waals surface area contributed by atoms with E-state index in [2.05, 4.69) is 10.3 Å². The van der Waals surface area contributed by atoms with Gasteiger partial charge in [0.15, 0.2) is 0 Å². The van der Waals surface area contributed by atoms with Crippen LogP contribution >= 0.6 is 11.8 Å². The molecule has 1 aliphatic rings. The van der Waals surface area contributed by atoms with Crippen molar-refractivity contribution >= 4 is 17.7 Å². The average Bonchev–Trinajstić information content (AvgIpc) is 2.59. The summed E-state index contributed by atoms with van der Waals surface area (Å²) in [5.74, 6) is -0.589. The maximum absolute atomic E-state index is 14.2. The monoisotopic (exact) mass is 365 g/mol. The number of amides is 1. The molecule has 2 heterocycles. The fourth-order valence-electron chi connectivity index (χ4n) is 2.40. The van der Waals surface area contributed by atoms with Crippen LogP contribution in [0, 0.1) is 5.82 Å². The molecule has 0 atom stereocenters. The molecule has 132 valence electrons. The summed E-state index contributed by atoms with van der Waals surface area (Å²) < 4.78 is 21.5. The van der Waals surface area contributed by atoms with Crippen molar-refractivity contribution in [2.24, 2.45) is 0 Å². The Balaban J connectivity index is 1.69. The summed E-state index contributed by atoms with van der Waals surface area (Å²) >= 11 is 5.75. The van der Waals surface area contributed by atoms with Crippen LogP contribution in [-0.4, -0.2) is 52.8 Å². The highest BCUT2D eigenvalue weighted by molar-refractivity contribution is 6.13. The van der Waals surface area contributed by atoms with Crippen LogP contribution in [0.5, 0.6) is 5.75 Å². The van der Waals surface area contributed by atoms with Gasteiger partial charge in [0.2, 0.25) is 0 Å². The first-order chi connectivity index (χ1) is 12.1. The SMILES string of the molecule is O=C(NCCO)c1ccc(-c2ccc(OC3CN(Cl)C3)cn2)cc1F. The molecule has 1 saturated heterocycles. The summed E-state index contributed by atoms with van der Waals surface area (Å²) in [5, 5.41) is 11.1. The van der Waals surface area contributed by atoms with E-state index in [9.17, 15) is 9.18 Å². The number of ether oxygens (including phenoxy) is 1. The highest BCUT2D eigenvalue weighted by Crippen LogP contribution is 2.24. The standard InChI is InChI=1S/C17H17ClFN3O3/c18-22-9-13(10-22)25-12-2-4-16(21-8-12)11-1-3-14(15(19)7-11)17(24)20-5-6-23/h1-4,7-8,13,23H,5-6,9-10H2,(H,20,24). The van der Waals surface area contributed by atoms with Crippen molar-refractivity contribution in [2.45, 2.75) is 6.10 Å². The lowest BCUT2D eigenvalue weighted by Gasteiger charge is -2.33. The molecule has 0 spiro atoms. The van der Waals surface area contributed by atoms with Gasteiger partial charge in [-0.25, -0.2) is 8.81 Å². The van der Waals surface area contributed by atoms with Crippen LogP contribution in [0.1, 0.15) is 10.4 Å². The highest BCUT2D eigenvalue weighted by Gasteiger charge is 2.26. The Hall–Kier alpha value is -2.22. The fourth-order valence-corrected chi connectivity index (χ4v) is 2.71. The van der Waals surface area contributed by atoms with Crippen molar-refractivity contribution in [3.05, 3.63) is 47.9 Å². The average molecular weight is 366 g/mol. The molecule has 6 nitrogen and oxygen atoms in total. The van der Waals surface area contributed by atoms with Gasteiger partial charge in [-0.05, 0) is 36.0 Å². The Morgan fingerprint density at radius 3 is 2.80 bits per heavy atom. The van der Waals surface area contributed by atoms with E-state index in [4.69, 9.17) is 21.6 Å². The number of pyridine rings is 1. The van der Waals surface area contributed by atoms with Gasteiger partial charge >= 0.3 is 0 Å². The van der Waals surface area contributed by atoms with E-state index < -0.39 is 11.7 Å². The molecule has 0 aliphatic carbocycles. The highest BCUT2D eigenvalue weighted by atomic mass is 35.5. The number of aliphatic hydroxyl groups is 1. The first-order valence-corrected chi connectivity index (χ1v) is 8.13. The van der Waals surface area contributed by atoms with Gasteiger partial charge < -0.3 is 15.2 Å². The molecule has 0 saturated carbocycles. The van der Waals surface area contributed by atoms with Gasteiger partial charge in [-0.2, -0.15) is 0 Å². The van der Waals surface area contributed by atoms with Crippen LogP contribution in [0.25, 0.3) is 11.3 Å². The van der Waals surface area contributed by atoms with Crippen molar-refractivity contribution in [3.8, 4) is 17.0 Å². The number of carbonyl (C=O) groups excluding carboxylic acids is 1. The minimum absolute atomic E-state index is 0.0549. The fraction of sp³-hybridized carbons (Fsp3) is 0.294. The van der Waals surface area contributed by atoms with Gasteiger partial charge in [-0.1, -0.05) is 6.07 Å². The number of carbonyl (C=O) groups is 1. The zero-order chi connectivity index (χ0) is 17.8. The molecule has 1 aromatic heterocycles. The largest absolute Gasteiger partial charge is 0.486 e. The third kappa shape index (κ3) is 4.25. The summed E-state index contributed by atoms with van der Waals surface area (Å²) in [5.41, 5.74) is 1.05. The number of hydrogen-bond donors (Lipinski definition) is 2. The molecule has 1 fully saturated rings.